The van der Waals surface area contributed by atoms with Crippen LogP contribution in [-0.4, -0.2) is 59.4 Å². The lowest BCUT2D eigenvalue weighted by Gasteiger charge is -2.43. The van der Waals surface area contributed by atoms with Crippen molar-refractivity contribution in [2.45, 2.75) is 82.7 Å². The Morgan fingerprint density at radius 3 is 2.35 bits per heavy atom. The van der Waals surface area contributed by atoms with Crippen LogP contribution in [0, 0.1) is 12.7 Å². The van der Waals surface area contributed by atoms with E-state index in [-0.39, 0.29) is 29.9 Å². The van der Waals surface area contributed by atoms with Crippen molar-refractivity contribution in [3.8, 4) is 5.75 Å². The lowest BCUT2D eigenvalue weighted by atomic mass is 9.90. The molecule has 1 unspecified atom stereocenters. The zero-order valence-electron chi connectivity index (χ0n) is 25.2. The number of amides is 2. The number of aryl methyl sites for hydroxylation is 1. The first-order valence-electron chi connectivity index (χ1n) is 15.3. The van der Waals surface area contributed by atoms with Crippen LogP contribution in [0.1, 0.15) is 65.6 Å². The van der Waals surface area contributed by atoms with Crippen molar-refractivity contribution in [3.05, 3.63) is 101 Å². The number of piperidine rings is 1. The molecule has 0 aromatic heterocycles. The van der Waals surface area contributed by atoms with E-state index in [1.54, 1.807) is 12.0 Å². The minimum absolute atomic E-state index is 0.0518. The SMILES string of the molecule is COc1cccc(CN(Cc2ccc(C)cc2)C2CCN(C(=O)c3ccc(F)cc3)[C@@H](C(=O)NC3CCC(N)CC3)C2)c1. The minimum atomic E-state index is -0.641. The fourth-order valence-corrected chi connectivity index (χ4v) is 6.34. The number of halogens is 1. The van der Waals surface area contributed by atoms with Crippen LogP contribution in [0.2, 0.25) is 0 Å². The Hall–Kier alpha value is -3.75. The zero-order chi connectivity index (χ0) is 30.3. The second kappa shape index (κ2) is 14.1. The average Bonchev–Trinajstić information content (AvgIpc) is 3.02. The number of methoxy groups -OCH3 is 1. The number of benzene rings is 3. The molecule has 0 spiro atoms. The minimum Gasteiger partial charge on any atom is -0.497 e. The van der Waals surface area contributed by atoms with E-state index in [4.69, 9.17) is 10.5 Å². The second-order valence-corrected chi connectivity index (χ2v) is 12.1. The molecule has 43 heavy (non-hydrogen) atoms. The number of ether oxygens (including phenoxy) is 1. The maximum atomic E-state index is 13.9. The first-order chi connectivity index (χ1) is 20.8. The molecule has 0 radical (unpaired) electrons. The van der Waals surface area contributed by atoms with Gasteiger partial charge in [-0.15, -0.1) is 0 Å². The third kappa shape index (κ3) is 8.00. The van der Waals surface area contributed by atoms with Crippen molar-refractivity contribution >= 4 is 11.8 Å². The molecule has 2 atom stereocenters. The summed E-state index contributed by atoms with van der Waals surface area (Å²) in [6, 6.07) is 21.8. The van der Waals surface area contributed by atoms with Gasteiger partial charge in [0.2, 0.25) is 5.91 Å². The van der Waals surface area contributed by atoms with Gasteiger partial charge in [-0.1, -0.05) is 42.0 Å². The maximum absolute atomic E-state index is 13.9. The van der Waals surface area contributed by atoms with Gasteiger partial charge in [-0.05, 0) is 93.0 Å². The quantitative estimate of drug-likeness (QED) is 0.360. The molecule has 8 heteroatoms. The molecular formula is C35H43FN4O3. The first-order valence-corrected chi connectivity index (χ1v) is 15.3. The van der Waals surface area contributed by atoms with Gasteiger partial charge < -0.3 is 20.7 Å². The molecule has 5 rings (SSSR count). The number of carbonyl (C=O) groups is 2. The van der Waals surface area contributed by atoms with Gasteiger partial charge in [-0.25, -0.2) is 4.39 Å². The summed E-state index contributed by atoms with van der Waals surface area (Å²) in [5.41, 5.74) is 10.0. The Morgan fingerprint density at radius 1 is 0.953 bits per heavy atom. The van der Waals surface area contributed by atoms with Crippen LogP contribution in [-0.2, 0) is 17.9 Å². The van der Waals surface area contributed by atoms with E-state index in [1.165, 1.54) is 35.4 Å². The van der Waals surface area contributed by atoms with Crippen molar-refractivity contribution < 1.29 is 18.7 Å². The lowest BCUT2D eigenvalue weighted by Crippen LogP contribution is -2.58. The Kier molecular flexibility index (Phi) is 10.1. The fraction of sp³-hybridized carbons (Fsp3) is 0.429. The topological polar surface area (TPSA) is 87.9 Å². The first kappa shape index (κ1) is 30.7. The molecule has 3 aromatic rings. The third-order valence-corrected chi connectivity index (χ3v) is 8.89. The lowest BCUT2D eigenvalue weighted by molar-refractivity contribution is -0.128. The van der Waals surface area contributed by atoms with Crippen LogP contribution in [0.3, 0.4) is 0 Å². The van der Waals surface area contributed by atoms with Gasteiger partial charge >= 0.3 is 0 Å². The molecule has 3 N–H and O–H groups in total. The van der Waals surface area contributed by atoms with Crippen LogP contribution >= 0.6 is 0 Å². The molecule has 0 bridgehead atoms. The van der Waals surface area contributed by atoms with Gasteiger partial charge in [0.05, 0.1) is 7.11 Å². The summed E-state index contributed by atoms with van der Waals surface area (Å²) < 4.78 is 19.1. The summed E-state index contributed by atoms with van der Waals surface area (Å²) in [6.45, 7) is 3.89. The predicted octanol–water partition coefficient (Wildman–Crippen LogP) is 5.20. The summed E-state index contributed by atoms with van der Waals surface area (Å²) in [6.07, 6.45) is 4.64. The van der Waals surface area contributed by atoms with E-state index in [1.807, 2.05) is 18.2 Å². The highest BCUT2D eigenvalue weighted by Gasteiger charge is 2.39. The number of hydrogen-bond acceptors (Lipinski definition) is 5. The summed E-state index contributed by atoms with van der Waals surface area (Å²) in [7, 11) is 1.67. The Bertz CT molecular complexity index is 1370. The summed E-state index contributed by atoms with van der Waals surface area (Å²) >= 11 is 0. The average molecular weight is 587 g/mol. The highest BCUT2D eigenvalue weighted by molar-refractivity contribution is 5.97. The number of carbonyl (C=O) groups excluding carboxylic acids is 2. The fourth-order valence-electron chi connectivity index (χ4n) is 6.34. The largest absolute Gasteiger partial charge is 0.497 e. The number of nitrogens with zero attached hydrogens (tertiary/aromatic N) is 2. The summed E-state index contributed by atoms with van der Waals surface area (Å²) in [5.74, 6) is 0.0285. The third-order valence-electron chi connectivity index (χ3n) is 8.89. The van der Waals surface area contributed by atoms with Crippen LogP contribution in [0.25, 0.3) is 0 Å². The van der Waals surface area contributed by atoms with Crippen LogP contribution in [0.15, 0.2) is 72.8 Å². The summed E-state index contributed by atoms with van der Waals surface area (Å²) in [4.78, 5) is 31.7. The second-order valence-electron chi connectivity index (χ2n) is 12.1. The van der Waals surface area contributed by atoms with Gasteiger partial charge in [-0.2, -0.15) is 0 Å². The van der Waals surface area contributed by atoms with Gasteiger partial charge in [0.1, 0.15) is 17.6 Å². The number of nitrogens with two attached hydrogens (primary N) is 1. The van der Waals surface area contributed by atoms with Gasteiger partial charge in [-0.3, -0.25) is 14.5 Å². The monoisotopic (exact) mass is 586 g/mol. The smallest absolute Gasteiger partial charge is 0.254 e. The van der Waals surface area contributed by atoms with Crippen LogP contribution < -0.4 is 15.8 Å². The highest BCUT2D eigenvalue weighted by atomic mass is 19.1. The molecule has 2 aliphatic rings. The van der Waals surface area contributed by atoms with Crippen molar-refractivity contribution in [2.24, 2.45) is 5.73 Å². The number of likely N-dealkylation sites (tertiary alicyclic amines) is 1. The van der Waals surface area contributed by atoms with E-state index in [9.17, 15) is 14.0 Å². The van der Waals surface area contributed by atoms with Crippen molar-refractivity contribution in [1.82, 2.24) is 15.1 Å². The van der Waals surface area contributed by atoms with Crippen molar-refractivity contribution in [2.75, 3.05) is 13.7 Å². The van der Waals surface area contributed by atoms with E-state index in [0.29, 0.717) is 38.0 Å². The zero-order valence-corrected chi connectivity index (χ0v) is 25.2. The molecule has 228 valence electrons. The maximum Gasteiger partial charge on any atom is 0.254 e. The van der Waals surface area contributed by atoms with E-state index < -0.39 is 11.9 Å². The highest BCUT2D eigenvalue weighted by Crippen LogP contribution is 2.28. The van der Waals surface area contributed by atoms with Crippen molar-refractivity contribution in [3.63, 3.8) is 0 Å². The standard InChI is InChI=1S/C35H43FN4O3/c1-24-6-8-25(9-7-24)22-39(23-26-4-3-5-32(20-26)43-2)31-18-19-40(35(42)27-10-12-28(36)13-11-27)33(21-31)34(41)38-30-16-14-29(37)15-17-30/h3-13,20,29-31,33H,14-19,21-23,37H2,1-2H3,(H,38,41)/t29?,30?,31?,33-/m1/s1. The summed E-state index contributed by atoms with van der Waals surface area (Å²) in [5, 5.41) is 3.25. The molecule has 1 aliphatic heterocycles. The Morgan fingerprint density at radius 2 is 1.65 bits per heavy atom. The number of rotatable bonds is 9. The normalized spacial score (nSPS) is 22.3. The van der Waals surface area contributed by atoms with E-state index in [0.717, 1.165) is 37.0 Å². The van der Waals surface area contributed by atoms with Gasteiger partial charge in [0.15, 0.2) is 0 Å². The molecule has 1 saturated carbocycles. The molecule has 1 aliphatic carbocycles. The molecule has 7 nitrogen and oxygen atoms in total. The number of hydrogen-bond donors (Lipinski definition) is 2. The van der Waals surface area contributed by atoms with Gasteiger partial charge in [0, 0.05) is 43.3 Å². The Labute approximate surface area is 254 Å². The van der Waals surface area contributed by atoms with Crippen LogP contribution in [0.4, 0.5) is 4.39 Å². The molecular weight excluding hydrogens is 543 g/mol. The molecule has 3 aromatic carbocycles. The number of nitrogens with one attached hydrogen (secondary N) is 1. The van der Waals surface area contributed by atoms with E-state index >= 15 is 0 Å². The molecule has 2 fully saturated rings. The van der Waals surface area contributed by atoms with Gasteiger partial charge in [0.25, 0.3) is 5.91 Å². The van der Waals surface area contributed by atoms with E-state index in [2.05, 4.69) is 47.5 Å². The molecule has 1 heterocycles. The molecule has 1 saturated heterocycles. The predicted molar refractivity (Wildman–Crippen MR) is 166 cm³/mol. The molecule has 2 amide bonds. The van der Waals surface area contributed by atoms with Crippen LogP contribution in [0.5, 0.6) is 5.75 Å². The Balaban J connectivity index is 1.41. The van der Waals surface area contributed by atoms with Crippen molar-refractivity contribution in [1.29, 1.82) is 0 Å².